The second-order valence-electron chi connectivity index (χ2n) is 5.05. The number of hydrogen-bond donors (Lipinski definition) is 1. The van der Waals surface area contributed by atoms with Crippen LogP contribution in [0.2, 0.25) is 0 Å². The summed E-state index contributed by atoms with van der Waals surface area (Å²) < 4.78 is 18.4. The Morgan fingerprint density at radius 2 is 1.93 bits per heavy atom. The van der Waals surface area contributed by atoms with Crippen LogP contribution in [0.4, 0.5) is 4.39 Å². The van der Waals surface area contributed by atoms with Crippen molar-refractivity contribution in [3.8, 4) is 5.75 Å². The van der Waals surface area contributed by atoms with Crippen LogP contribution in [0.15, 0.2) is 18.2 Å². The Labute approximate surface area is 88.2 Å². The average Bonchev–Trinajstić information content (AvgIpc) is 2.10. The smallest absolute Gasteiger partial charge is 0.127 e. The molecule has 0 radical (unpaired) electrons. The molecule has 80 valence electrons. The molecule has 2 nitrogen and oxygen atoms in total. The highest BCUT2D eigenvalue weighted by molar-refractivity contribution is 5.44. The highest BCUT2D eigenvalue weighted by atomic mass is 19.1. The van der Waals surface area contributed by atoms with Crippen LogP contribution >= 0.6 is 0 Å². The molecule has 3 saturated carbocycles. The molecule has 1 aromatic rings. The summed E-state index contributed by atoms with van der Waals surface area (Å²) in [5, 5.41) is 0. The zero-order valence-corrected chi connectivity index (χ0v) is 8.72. The van der Waals surface area contributed by atoms with Gasteiger partial charge in [0.15, 0.2) is 0 Å². The maximum absolute atomic E-state index is 13.3. The van der Waals surface area contributed by atoms with E-state index >= 15 is 0 Å². The van der Waals surface area contributed by atoms with Gasteiger partial charge in [0, 0.05) is 17.0 Å². The Morgan fingerprint density at radius 3 is 2.47 bits per heavy atom. The van der Waals surface area contributed by atoms with Crippen molar-refractivity contribution in [1.82, 2.24) is 0 Å². The molecule has 2 bridgehead atoms. The zero-order chi connectivity index (χ0) is 10.7. The molecule has 0 aromatic heterocycles. The first-order chi connectivity index (χ1) is 7.05. The summed E-state index contributed by atoms with van der Waals surface area (Å²) in [6.45, 7) is 0. The van der Waals surface area contributed by atoms with E-state index in [9.17, 15) is 4.39 Å². The third kappa shape index (κ3) is 1.13. The summed E-state index contributed by atoms with van der Waals surface area (Å²) >= 11 is 0. The van der Waals surface area contributed by atoms with E-state index in [0.29, 0.717) is 5.75 Å². The Bertz CT molecular complexity index is 410. The molecule has 2 N–H and O–H groups in total. The van der Waals surface area contributed by atoms with Gasteiger partial charge in [-0.2, -0.15) is 0 Å². The monoisotopic (exact) mass is 207 g/mol. The first-order valence-corrected chi connectivity index (χ1v) is 5.19. The molecule has 15 heavy (non-hydrogen) atoms. The number of nitrogens with two attached hydrogens (primary N) is 1. The van der Waals surface area contributed by atoms with Gasteiger partial charge in [0.2, 0.25) is 0 Å². The van der Waals surface area contributed by atoms with E-state index in [1.165, 1.54) is 6.07 Å². The average molecular weight is 207 g/mol. The van der Waals surface area contributed by atoms with E-state index in [1.54, 1.807) is 13.2 Å². The van der Waals surface area contributed by atoms with Crippen molar-refractivity contribution < 1.29 is 9.13 Å². The normalized spacial score (nSPS) is 36.7. The maximum atomic E-state index is 13.3. The molecule has 0 aliphatic heterocycles. The van der Waals surface area contributed by atoms with Crippen LogP contribution in [0.25, 0.3) is 0 Å². The zero-order valence-electron chi connectivity index (χ0n) is 8.72. The standard InChI is InChI=1S/C12H14FNO/c1-15-10-3-8(2-9(13)4-10)11-5-12(14,6-11)7-11/h2-4H,5-7,14H2,1H3. The molecule has 3 fully saturated rings. The Morgan fingerprint density at radius 1 is 1.27 bits per heavy atom. The van der Waals surface area contributed by atoms with E-state index in [4.69, 9.17) is 10.5 Å². The fraction of sp³-hybridized carbons (Fsp3) is 0.500. The van der Waals surface area contributed by atoms with E-state index < -0.39 is 0 Å². The molecule has 1 aromatic carbocycles. The van der Waals surface area contributed by atoms with Crippen LogP contribution < -0.4 is 10.5 Å². The van der Waals surface area contributed by atoms with Crippen molar-refractivity contribution in [2.75, 3.05) is 7.11 Å². The van der Waals surface area contributed by atoms with Gasteiger partial charge < -0.3 is 10.5 Å². The van der Waals surface area contributed by atoms with Crippen LogP contribution in [0, 0.1) is 5.82 Å². The number of benzene rings is 1. The first kappa shape index (κ1) is 9.16. The predicted octanol–water partition coefficient (Wildman–Crippen LogP) is 1.97. The minimum Gasteiger partial charge on any atom is -0.497 e. The van der Waals surface area contributed by atoms with Crippen LogP contribution in [-0.4, -0.2) is 12.6 Å². The van der Waals surface area contributed by atoms with E-state index in [0.717, 1.165) is 24.8 Å². The van der Waals surface area contributed by atoms with Crippen LogP contribution in [0.1, 0.15) is 24.8 Å². The summed E-state index contributed by atoms with van der Waals surface area (Å²) in [6, 6.07) is 4.95. The van der Waals surface area contributed by atoms with Gasteiger partial charge in [0.1, 0.15) is 11.6 Å². The molecule has 3 aliphatic rings. The lowest BCUT2D eigenvalue weighted by Crippen LogP contribution is -2.74. The van der Waals surface area contributed by atoms with Crippen molar-refractivity contribution in [1.29, 1.82) is 0 Å². The molecule has 0 saturated heterocycles. The van der Waals surface area contributed by atoms with Crippen molar-refractivity contribution in [2.24, 2.45) is 5.73 Å². The minimum absolute atomic E-state index is 0.0551. The molecule has 4 rings (SSSR count). The molecular formula is C12H14FNO. The fourth-order valence-electron chi connectivity index (χ4n) is 3.16. The summed E-state index contributed by atoms with van der Waals surface area (Å²) in [5.74, 6) is 0.376. The highest BCUT2D eigenvalue weighted by Crippen LogP contribution is 2.66. The van der Waals surface area contributed by atoms with Crippen molar-refractivity contribution in [2.45, 2.75) is 30.2 Å². The van der Waals surface area contributed by atoms with Gasteiger partial charge in [-0.25, -0.2) is 4.39 Å². The number of halogens is 1. The Kier molecular flexibility index (Phi) is 1.54. The largest absolute Gasteiger partial charge is 0.497 e. The van der Waals surface area contributed by atoms with Crippen LogP contribution in [-0.2, 0) is 5.41 Å². The summed E-state index contributed by atoms with van der Waals surface area (Å²) in [5.41, 5.74) is 7.25. The predicted molar refractivity (Wildman–Crippen MR) is 55.4 cm³/mol. The summed E-state index contributed by atoms with van der Waals surface area (Å²) in [7, 11) is 1.56. The van der Waals surface area contributed by atoms with Crippen molar-refractivity contribution >= 4 is 0 Å². The molecule has 0 unspecified atom stereocenters. The third-order valence-corrected chi connectivity index (χ3v) is 3.79. The lowest BCUT2D eigenvalue weighted by Gasteiger charge is -2.69. The molecule has 0 spiro atoms. The lowest BCUT2D eigenvalue weighted by molar-refractivity contribution is -0.0592. The van der Waals surface area contributed by atoms with Gasteiger partial charge in [-0.15, -0.1) is 0 Å². The van der Waals surface area contributed by atoms with E-state index in [2.05, 4.69) is 0 Å². The van der Waals surface area contributed by atoms with Crippen molar-refractivity contribution in [3.63, 3.8) is 0 Å². The second-order valence-corrected chi connectivity index (χ2v) is 5.05. The highest BCUT2D eigenvalue weighted by Gasteiger charge is 2.66. The van der Waals surface area contributed by atoms with E-state index in [1.807, 2.05) is 6.07 Å². The third-order valence-electron chi connectivity index (χ3n) is 3.79. The fourth-order valence-corrected chi connectivity index (χ4v) is 3.16. The van der Waals surface area contributed by atoms with Crippen molar-refractivity contribution in [3.05, 3.63) is 29.6 Å². The lowest BCUT2D eigenvalue weighted by atomic mass is 9.38. The molecule has 0 heterocycles. The number of ether oxygens (including phenoxy) is 1. The van der Waals surface area contributed by atoms with Crippen LogP contribution in [0.3, 0.4) is 0 Å². The topological polar surface area (TPSA) is 35.2 Å². The number of methoxy groups -OCH3 is 1. The summed E-state index contributed by atoms with van der Waals surface area (Å²) in [6.07, 6.45) is 2.98. The van der Waals surface area contributed by atoms with Gasteiger partial charge in [-0.3, -0.25) is 0 Å². The Balaban J connectivity index is 1.96. The van der Waals surface area contributed by atoms with Gasteiger partial charge in [-0.05, 0) is 37.0 Å². The molecular weight excluding hydrogens is 193 g/mol. The van der Waals surface area contributed by atoms with Gasteiger partial charge >= 0.3 is 0 Å². The molecule has 0 atom stereocenters. The Hall–Kier alpha value is -1.09. The molecule has 0 amide bonds. The van der Waals surface area contributed by atoms with Gasteiger partial charge in [-0.1, -0.05) is 0 Å². The SMILES string of the molecule is COc1cc(F)cc(C23CC(N)(C2)C3)c1. The number of rotatable bonds is 2. The molecule has 3 aliphatic carbocycles. The van der Waals surface area contributed by atoms with E-state index in [-0.39, 0.29) is 16.8 Å². The maximum Gasteiger partial charge on any atom is 0.127 e. The van der Waals surface area contributed by atoms with Crippen LogP contribution in [0.5, 0.6) is 5.75 Å². The minimum atomic E-state index is -0.222. The van der Waals surface area contributed by atoms with Gasteiger partial charge in [0.05, 0.1) is 7.11 Å². The number of hydrogen-bond acceptors (Lipinski definition) is 2. The first-order valence-electron chi connectivity index (χ1n) is 5.19. The quantitative estimate of drug-likeness (QED) is 0.804. The van der Waals surface area contributed by atoms with Gasteiger partial charge in [0.25, 0.3) is 0 Å². The molecule has 3 heteroatoms. The summed E-state index contributed by atoms with van der Waals surface area (Å²) in [4.78, 5) is 0. The second kappa shape index (κ2) is 2.53.